The first-order valence-corrected chi connectivity index (χ1v) is 10.2. The Morgan fingerprint density at radius 2 is 1.30 bits per heavy atom. The molecular formula is C19H28N4O4. The summed E-state index contributed by atoms with van der Waals surface area (Å²) in [4.78, 5) is 54.4. The van der Waals surface area contributed by atoms with E-state index in [0.717, 1.165) is 45.1 Å². The van der Waals surface area contributed by atoms with Gasteiger partial charge in [-0.25, -0.2) is 0 Å². The third-order valence-electron chi connectivity index (χ3n) is 5.99. The van der Waals surface area contributed by atoms with Crippen LogP contribution < -0.4 is 5.32 Å². The van der Waals surface area contributed by atoms with Gasteiger partial charge in [-0.15, -0.1) is 0 Å². The van der Waals surface area contributed by atoms with Gasteiger partial charge < -0.3 is 20.0 Å². The van der Waals surface area contributed by atoms with Crippen LogP contribution in [0.25, 0.3) is 0 Å². The van der Waals surface area contributed by atoms with Gasteiger partial charge in [0.1, 0.15) is 0 Å². The molecule has 4 rings (SSSR count). The molecule has 1 atom stereocenters. The zero-order chi connectivity index (χ0) is 19.0. The Hall–Kier alpha value is -2.12. The lowest BCUT2D eigenvalue weighted by atomic mass is 9.95. The van der Waals surface area contributed by atoms with Gasteiger partial charge in [0.25, 0.3) is 0 Å². The van der Waals surface area contributed by atoms with E-state index < -0.39 is 11.8 Å². The van der Waals surface area contributed by atoms with Gasteiger partial charge in [-0.3, -0.25) is 19.2 Å². The van der Waals surface area contributed by atoms with E-state index in [2.05, 4.69) is 5.32 Å². The number of piperidine rings is 1. The summed E-state index contributed by atoms with van der Waals surface area (Å²) < 4.78 is 0. The van der Waals surface area contributed by atoms with E-state index in [-0.39, 0.29) is 29.7 Å². The Balaban J connectivity index is 1.25. The van der Waals surface area contributed by atoms with Crippen LogP contribution in [-0.4, -0.2) is 83.6 Å². The zero-order valence-corrected chi connectivity index (χ0v) is 15.7. The third kappa shape index (κ3) is 4.25. The summed E-state index contributed by atoms with van der Waals surface area (Å²) in [7, 11) is 0. The van der Waals surface area contributed by atoms with Crippen LogP contribution in [0.1, 0.15) is 38.5 Å². The first kappa shape index (κ1) is 18.3. The molecule has 2 saturated carbocycles. The molecule has 0 aromatic heterocycles. The average Bonchev–Trinajstić information content (AvgIpc) is 3.61. The van der Waals surface area contributed by atoms with Crippen molar-refractivity contribution >= 4 is 23.6 Å². The lowest BCUT2D eigenvalue weighted by Crippen LogP contribution is -2.56. The monoisotopic (exact) mass is 376 g/mol. The van der Waals surface area contributed by atoms with Gasteiger partial charge in [0.2, 0.25) is 11.8 Å². The molecule has 27 heavy (non-hydrogen) atoms. The van der Waals surface area contributed by atoms with Crippen molar-refractivity contribution in [1.29, 1.82) is 0 Å². The number of piperazine rings is 1. The summed E-state index contributed by atoms with van der Waals surface area (Å²) in [6.07, 6.45) is 5.55. The largest absolute Gasteiger partial charge is 0.345 e. The van der Waals surface area contributed by atoms with E-state index in [9.17, 15) is 19.2 Å². The van der Waals surface area contributed by atoms with Crippen LogP contribution in [0.4, 0.5) is 0 Å². The number of carbonyl (C=O) groups is 4. The summed E-state index contributed by atoms with van der Waals surface area (Å²) >= 11 is 0. The lowest BCUT2D eigenvalue weighted by Gasteiger charge is -2.38. The Kier molecular flexibility index (Phi) is 5.06. The van der Waals surface area contributed by atoms with Crippen LogP contribution in [0, 0.1) is 11.8 Å². The molecule has 4 aliphatic rings. The Morgan fingerprint density at radius 3 is 1.93 bits per heavy atom. The summed E-state index contributed by atoms with van der Waals surface area (Å²) in [5.41, 5.74) is 0. The predicted octanol–water partition coefficient (Wildman–Crippen LogP) is -0.416. The molecule has 0 aromatic rings. The van der Waals surface area contributed by atoms with Gasteiger partial charge in [0.15, 0.2) is 0 Å². The maximum absolute atomic E-state index is 12.9. The fourth-order valence-electron chi connectivity index (χ4n) is 3.97. The highest BCUT2D eigenvalue weighted by Gasteiger charge is 2.38. The van der Waals surface area contributed by atoms with Crippen molar-refractivity contribution in [3.05, 3.63) is 0 Å². The second-order valence-corrected chi connectivity index (χ2v) is 8.26. The molecule has 8 nitrogen and oxygen atoms in total. The Morgan fingerprint density at radius 1 is 0.667 bits per heavy atom. The number of hydrogen-bond acceptors (Lipinski definition) is 4. The Labute approximate surface area is 159 Å². The fourth-order valence-corrected chi connectivity index (χ4v) is 3.97. The highest BCUT2D eigenvalue weighted by Crippen LogP contribution is 2.32. The van der Waals surface area contributed by atoms with Gasteiger partial charge in [-0.2, -0.15) is 0 Å². The smallest absolute Gasteiger partial charge is 0.312 e. The molecule has 2 aliphatic heterocycles. The summed E-state index contributed by atoms with van der Waals surface area (Å²) in [6.45, 7) is 2.97. The molecule has 148 valence electrons. The second kappa shape index (κ2) is 7.48. The van der Waals surface area contributed by atoms with Gasteiger partial charge in [-0.1, -0.05) is 0 Å². The highest BCUT2D eigenvalue weighted by molar-refractivity contribution is 6.35. The molecular weight excluding hydrogens is 348 g/mol. The first-order valence-electron chi connectivity index (χ1n) is 10.2. The second-order valence-electron chi connectivity index (χ2n) is 8.26. The van der Waals surface area contributed by atoms with Crippen molar-refractivity contribution in [2.24, 2.45) is 11.8 Å². The number of carbonyl (C=O) groups excluding carboxylic acids is 4. The molecule has 2 saturated heterocycles. The molecule has 0 radical (unpaired) electrons. The van der Waals surface area contributed by atoms with Crippen LogP contribution in [0.3, 0.4) is 0 Å². The van der Waals surface area contributed by atoms with Crippen LogP contribution in [0.2, 0.25) is 0 Å². The number of nitrogens with one attached hydrogen (secondary N) is 1. The minimum atomic E-state index is -0.529. The average molecular weight is 376 g/mol. The van der Waals surface area contributed by atoms with Crippen molar-refractivity contribution in [2.75, 3.05) is 39.3 Å². The van der Waals surface area contributed by atoms with Crippen LogP contribution in [-0.2, 0) is 19.2 Å². The standard InChI is InChI=1S/C19H28N4O4/c24-16(20-15-5-6-15)19(27)22-10-8-21(9-11-22)18(26)14-2-1-7-23(12-14)17(25)13-3-4-13/h13-15H,1-12H2,(H,20,24). The first-order chi connectivity index (χ1) is 13.0. The van der Waals surface area contributed by atoms with Crippen molar-refractivity contribution in [1.82, 2.24) is 20.0 Å². The van der Waals surface area contributed by atoms with E-state index in [1.165, 1.54) is 4.90 Å². The molecule has 2 heterocycles. The van der Waals surface area contributed by atoms with Gasteiger partial charge in [-0.05, 0) is 38.5 Å². The maximum Gasteiger partial charge on any atom is 0.312 e. The van der Waals surface area contributed by atoms with E-state index in [4.69, 9.17) is 0 Å². The van der Waals surface area contributed by atoms with E-state index >= 15 is 0 Å². The molecule has 0 spiro atoms. The zero-order valence-electron chi connectivity index (χ0n) is 15.7. The number of nitrogens with zero attached hydrogens (tertiary/aromatic N) is 3. The molecule has 1 N–H and O–H groups in total. The van der Waals surface area contributed by atoms with E-state index in [1.54, 1.807) is 4.90 Å². The van der Waals surface area contributed by atoms with Crippen LogP contribution in [0.15, 0.2) is 0 Å². The SMILES string of the molecule is O=C(NC1CC1)C(=O)N1CCN(C(=O)C2CCCN(C(=O)C3CC3)C2)CC1. The summed E-state index contributed by atoms with van der Waals surface area (Å²) in [5.74, 6) is -0.675. The molecule has 0 aromatic carbocycles. The van der Waals surface area contributed by atoms with Crippen molar-refractivity contribution in [3.8, 4) is 0 Å². The van der Waals surface area contributed by atoms with E-state index in [0.29, 0.717) is 32.7 Å². The topological polar surface area (TPSA) is 90.0 Å². The van der Waals surface area contributed by atoms with Gasteiger partial charge >= 0.3 is 11.8 Å². The molecule has 8 heteroatoms. The predicted molar refractivity (Wildman–Crippen MR) is 96.4 cm³/mol. The number of rotatable bonds is 3. The molecule has 0 bridgehead atoms. The number of amides is 4. The molecule has 4 amide bonds. The van der Waals surface area contributed by atoms with Gasteiger partial charge in [0.05, 0.1) is 5.92 Å². The molecule has 1 unspecified atom stereocenters. The van der Waals surface area contributed by atoms with Crippen molar-refractivity contribution in [3.63, 3.8) is 0 Å². The number of hydrogen-bond donors (Lipinski definition) is 1. The quantitative estimate of drug-likeness (QED) is 0.678. The van der Waals surface area contributed by atoms with Gasteiger partial charge in [0, 0.05) is 51.2 Å². The maximum atomic E-state index is 12.9. The fraction of sp³-hybridized carbons (Fsp3) is 0.789. The lowest BCUT2D eigenvalue weighted by molar-refractivity contribution is -0.150. The van der Waals surface area contributed by atoms with E-state index in [1.807, 2.05) is 4.90 Å². The minimum Gasteiger partial charge on any atom is -0.345 e. The van der Waals surface area contributed by atoms with Crippen molar-refractivity contribution in [2.45, 2.75) is 44.6 Å². The summed E-state index contributed by atoms with van der Waals surface area (Å²) in [5, 5.41) is 2.72. The summed E-state index contributed by atoms with van der Waals surface area (Å²) in [6, 6.07) is 0.164. The van der Waals surface area contributed by atoms with Crippen LogP contribution >= 0.6 is 0 Å². The Bertz CT molecular complexity index is 636. The minimum absolute atomic E-state index is 0.0813. The highest BCUT2D eigenvalue weighted by atomic mass is 16.2. The molecule has 4 fully saturated rings. The van der Waals surface area contributed by atoms with Crippen LogP contribution in [0.5, 0.6) is 0 Å². The third-order valence-corrected chi connectivity index (χ3v) is 5.99. The molecule has 2 aliphatic carbocycles. The normalized spacial score (nSPS) is 25.9. The number of likely N-dealkylation sites (tertiary alicyclic amines) is 1. The van der Waals surface area contributed by atoms with Crippen molar-refractivity contribution < 1.29 is 19.2 Å².